The Morgan fingerprint density at radius 3 is 2.86 bits per heavy atom. The molecule has 6 nitrogen and oxygen atoms in total. The van der Waals surface area contributed by atoms with Crippen LogP contribution in [0.2, 0.25) is 0 Å². The van der Waals surface area contributed by atoms with Gasteiger partial charge in [0.05, 0.1) is 6.04 Å². The van der Waals surface area contributed by atoms with Crippen LogP contribution >= 0.6 is 0 Å². The Balaban J connectivity index is 1.58. The van der Waals surface area contributed by atoms with Gasteiger partial charge >= 0.3 is 0 Å². The Morgan fingerprint density at radius 2 is 2.10 bits per heavy atom. The molecule has 1 aromatic carbocycles. The number of aliphatic imine (C=N–C) groups is 1. The SMILES string of the molecule is CCc1nncn1CCNC(=NCCC1=CCCCC1)NC(C)c1ccccc1. The monoisotopic (exact) mass is 394 g/mol. The third kappa shape index (κ3) is 6.73. The normalized spacial score (nSPS) is 15.7. The molecule has 2 N–H and O–H groups in total. The molecule has 0 saturated heterocycles. The number of rotatable bonds is 9. The average molecular weight is 395 g/mol. The molecule has 2 aromatic rings. The molecule has 6 heteroatoms. The summed E-state index contributed by atoms with van der Waals surface area (Å²) in [6.07, 6.45) is 11.3. The van der Waals surface area contributed by atoms with Crippen molar-refractivity contribution < 1.29 is 0 Å². The first-order chi connectivity index (χ1) is 14.3. The third-order valence-corrected chi connectivity index (χ3v) is 5.40. The van der Waals surface area contributed by atoms with Crippen LogP contribution in [0.3, 0.4) is 0 Å². The standard InChI is InChI=1S/C23H34N6/c1-3-22-28-26-18-29(22)17-16-25-23(24-15-14-20-10-6-4-7-11-20)27-19(2)21-12-8-5-9-13-21/h5,8-10,12-13,18-19H,3-4,6-7,11,14-17H2,1-2H3,(H2,24,25,27). The molecule has 1 aromatic heterocycles. The molecule has 0 bridgehead atoms. The van der Waals surface area contributed by atoms with E-state index < -0.39 is 0 Å². The Kier molecular flexibility index (Phi) is 8.28. The van der Waals surface area contributed by atoms with Crippen molar-refractivity contribution in [2.45, 2.75) is 65.0 Å². The second-order valence-corrected chi connectivity index (χ2v) is 7.59. The lowest BCUT2D eigenvalue weighted by molar-refractivity contribution is 0.618. The zero-order chi connectivity index (χ0) is 20.3. The van der Waals surface area contributed by atoms with Crippen LogP contribution in [-0.4, -0.2) is 33.8 Å². The molecule has 1 aliphatic rings. The van der Waals surface area contributed by atoms with Gasteiger partial charge in [-0.1, -0.05) is 48.9 Å². The van der Waals surface area contributed by atoms with Crippen LogP contribution in [0.1, 0.15) is 63.4 Å². The predicted octanol–water partition coefficient (Wildman–Crippen LogP) is 4.03. The molecule has 1 unspecified atom stereocenters. The number of hydrogen-bond acceptors (Lipinski definition) is 3. The lowest BCUT2D eigenvalue weighted by atomic mass is 9.97. The zero-order valence-electron chi connectivity index (χ0n) is 17.8. The van der Waals surface area contributed by atoms with Gasteiger partial charge < -0.3 is 15.2 Å². The van der Waals surface area contributed by atoms with Gasteiger partial charge in [-0.2, -0.15) is 0 Å². The van der Waals surface area contributed by atoms with Gasteiger partial charge in [-0.25, -0.2) is 0 Å². The summed E-state index contributed by atoms with van der Waals surface area (Å²) < 4.78 is 2.10. The van der Waals surface area contributed by atoms with Crippen molar-refractivity contribution in [3.63, 3.8) is 0 Å². The number of allylic oxidation sites excluding steroid dienone is 1. The fourth-order valence-corrected chi connectivity index (χ4v) is 3.66. The van der Waals surface area contributed by atoms with Crippen molar-refractivity contribution in [2.24, 2.45) is 4.99 Å². The smallest absolute Gasteiger partial charge is 0.191 e. The van der Waals surface area contributed by atoms with Crippen molar-refractivity contribution in [2.75, 3.05) is 13.1 Å². The molecule has 0 amide bonds. The highest BCUT2D eigenvalue weighted by atomic mass is 15.3. The second-order valence-electron chi connectivity index (χ2n) is 7.59. The number of aromatic nitrogens is 3. The molecule has 0 radical (unpaired) electrons. The minimum absolute atomic E-state index is 0.192. The average Bonchev–Trinajstić information content (AvgIpc) is 3.22. The van der Waals surface area contributed by atoms with Gasteiger partial charge in [-0.3, -0.25) is 4.99 Å². The molecule has 1 aliphatic carbocycles. The van der Waals surface area contributed by atoms with Crippen LogP contribution in [0, 0.1) is 0 Å². The van der Waals surface area contributed by atoms with E-state index in [1.54, 1.807) is 11.9 Å². The topological polar surface area (TPSA) is 67.1 Å². The first-order valence-electron chi connectivity index (χ1n) is 10.9. The molecule has 156 valence electrons. The largest absolute Gasteiger partial charge is 0.355 e. The molecule has 1 heterocycles. The Morgan fingerprint density at radius 1 is 1.24 bits per heavy atom. The van der Waals surface area contributed by atoms with Crippen molar-refractivity contribution in [1.82, 2.24) is 25.4 Å². The summed E-state index contributed by atoms with van der Waals surface area (Å²) >= 11 is 0. The summed E-state index contributed by atoms with van der Waals surface area (Å²) in [7, 11) is 0. The van der Waals surface area contributed by atoms with Crippen molar-refractivity contribution in [3.05, 3.63) is 59.7 Å². The molecular weight excluding hydrogens is 360 g/mol. The second kappa shape index (κ2) is 11.4. The van der Waals surface area contributed by atoms with Crippen LogP contribution in [0.15, 0.2) is 53.3 Å². The van der Waals surface area contributed by atoms with E-state index >= 15 is 0 Å². The van der Waals surface area contributed by atoms with Gasteiger partial charge in [0.2, 0.25) is 0 Å². The summed E-state index contributed by atoms with van der Waals surface area (Å²) in [5, 5.41) is 15.2. The van der Waals surface area contributed by atoms with Crippen molar-refractivity contribution in [1.29, 1.82) is 0 Å². The van der Waals surface area contributed by atoms with Crippen molar-refractivity contribution in [3.8, 4) is 0 Å². The van der Waals surface area contributed by atoms with Gasteiger partial charge in [-0.05, 0) is 44.6 Å². The number of hydrogen-bond donors (Lipinski definition) is 2. The van der Waals surface area contributed by atoms with E-state index in [-0.39, 0.29) is 6.04 Å². The Hall–Kier alpha value is -2.63. The summed E-state index contributed by atoms with van der Waals surface area (Å²) in [6, 6.07) is 10.7. The molecule has 0 saturated carbocycles. The maximum atomic E-state index is 4.86. The Bertz CT molecular complexity index is 793. The molecule has 1 atom stereocenters. The maximum Gasteiger partial charge on any atom is 0.191 e. The highest BCUT2D eigenvalue weighted by Crippen LogP contribution is 2.19. The van der Waals surface area contributed by atoms with E-state index in [0.29, 0.717) is 0 Å². The molecule has 3 rings (SSSR count). The summed E-state index contributed by atoms with van der Waals surface area (Å²) in [5.41, 5.74) is 2.82. The van der Waals surface area contributed by atoms with Gasteiger partial charge in [0, 0.05) is 26.1 Å². The predicted molar refractivity (Wildman–Crippen MR) is 119 cm³/mol. The zero-order valence-corrected chi connectivity index (χ0v) is 17.8. The van der Waals surface area contributed by atoms with Crippen LogP contribution < -0.4 is 10.6 Å². The molecule has 0 spiro atoms. The molecular formula is C23H34N6. The van der Waals surface area contributed by atoms with E-state index in [1.165, 1.54) is 31.2 Å². The fraction of sp³-hybridized carbons (Fsp3) is 0.522. The van der Waals surface area contributed by atoms with Crippen molar-refractivity contribution >= 4 is 5.96 Å². The number of nitrogens with one attached hydrogen (secondary N) is 2. The van der Waals surface area contributed by atoms with Crippen LogP contribution in [0.4, 0.5) is 0 Å². The summed E-state index contributed by atoms with van der Waals surface area (Å²) in [5.74, 6) is 1.88. The third-order valence-electron chi connectivity index (χ3n) is 5.40. The minimum Gasteiger partial charge on any atom is -0.355 e. The van der Waals surface area contributed by atoms with Crippen LogP contribution in [-0.2, 0) is 13.0 Å². The first-order valence-corrected chi connectivity index (χ1v) is 10.9. The first kappa shape index (κ1) is 21.1. The quantitative estimate of drug-likeness (QED) is 0.383. The highest BCUT2D eigenvalue weighted by Gasteiger charge is 2.09. The minimum atomic E-state index is 0.192. The fourth-order valence-electron chi connectivity index (χ4n) is 3.66. The molecule has 0 fully saturated rings. The number of benzene rings is 1. The summed E-state index contributed by atoms with van der Waals surface area (Å²) in [4.78, 5) is 4.86. The lowest BCUT2D eigenvalue weighted by Crippen LogP contribution is -2.40. The molecule has 29 heavy (non-hydrogen) atoms. The van der Waals surface area contributed by atoms with E-state index in [1.807, 2.05) is 6.07 Å². The Labute approximate surface area is 174 Å². The van der Waals surface area contributed by atoms with Crippen LogP contribution in [0.5, 0.6) is 0 Å². The van der Waals surface area contributed by atoms with Gasteiger partial charge in [0.15, 0.2) is 5.96 Å². The van der Waals surface area contributed by atoms with Crippen LogP contribution in [0.25, 0.3) is 0 Å². The maximum absolute atomic E-state index is 4.86. The van der Waals surface area contributed by atoms with Gasteiger partial charge in [-0.15, -0.1) is 10.2 Å². The number of nitrogens with zero attached hydrogens (tertiary/aromatic N) is 4. The van der Waals surface area contributed by atoms with E-state index in [4.69, 9.17) is 4.99 Å². The van der Waals surface area contributed by atoms with E-state index in [9.17, 15) is 0 Å². The number of aryl methyl sites for hydroxylation is 1. The summed E-state index contributed by atoms with van der Waals surface area (Å²) in [6.45, 7) is 6.69. The highest BCUT2D eigenvalue weighted by molar-refractivity contribution is 5.80. The van der Waals surface area contributed by atoms with E-state index in [0.717, 1.165) is 44.3 Å². The van der Waals surface area contributed by atoms with E-state index in [2.05, 4.69) is 69.6 Å². The lowest BCUT2D eigenvalue weighted by Gasteiger charge is -2.19. The van der Waals surface area contributed by atoms with Gasteiger partial charge in [0.1, 0.15) is 12.2 Å². The number of guanidine groups is 1. The van der Waals surface area contributed by atoms with Gasteiger partial charge in [0.25, 0.3) is 0 Å². The molecule has 0 aliphatic heterocycles.